The van der Waals surface area contributed by atoms with Gasteiger partial charge in [0.2, 0.25) is 0 Å². The Morgan fingerprint density at radius 2 is 2.22 bits per heavy atom. The molecular weight excluding hydrogens is 246 g/mol. The Labute approximate surface area is 108 Å². The molecule has 2 N–H and O–H groups in total. The van der Waals surface area contributed by atoms with Gasteiger partial charge in [0.25, 0.3) is 0 Å². The summed E-state index contributed by atoms with van der Waals surface area (Å²) in [6.45, 7) is 0. The van der Waals surface area contributed by atoms with Crippen molar-refractivity contribution in [2.75, 3.05) is 0 Å². The van der Waals surface area contributed by atoms with E-state index in [2.05, 4.69) is 25.2 Å². The van der Waals surface area contributed by atoms with Gasteiger partial charge in [0.1, 0.15) is 5.82 Å². The smallest absolute Gasteiger partial charge is 0.111 e. The summed E-state index contributed by atoms with van der Waals surface area (Å²) in [6.07, 6.45) is 2.41. The Bertz CT molecular complexity index is 658. The molecule has 6 heteroatoms. The minimum absolute atomic E-state index is 0.0967. The molecule has 92 valence electrons. The summed E-state index contributed by atoms with van der Waals surface area (Å²) in [5.41, 5.74) is 8.27. The molecular formula is C12H13N5S. The Morgan fingerprint density at radius 3 is 2.94 bits per heavy atom. The minimum Gasteiger partial charge on any atom is -0.331 e. The fourth-order valence-electron chi connectivity index (χ4n) is 2.01. The van der Waals surface area contributed by atoms with Crippen LogP contribution < -0.4 is 5.73 Å². The van der Waals surface area contributed by atoms with Crippen LogP contribution in [-0.4, -0.2) is 19.1 Å². The molecule has 2 heterocycles. The lowest BCUT2D eigenvalue weighted by molar-refractivity contribution is 0.673. The first-order valence-electron chi connectivity index (χ1n) is 5.69. The van der Waals surface area contributed by atoms with Crippen LogP contribution in [0.25, 0.3) is 11.0 Å². The average Bonchev–Trinajstić information content (AvgIpc) is 3.00. The fourth-order valence-corrected chi connectivity index (χ4v) is 2.52. The normalized spacial score (nSPS) is 13.0. The zero-order valence-corrected chi connectivity index (χ0v) is 10.8. The molecule has 0 radical (unpaired) electrons. The topological polar surface area (TPSA) is 69.6 Å². The van der Waals surface area contributed by atoms with E-state index in [1.165, 1.54) is 11.5 Å². The van der Waals surface area contributed by atoms with Crippen molar-refractivity contribution in [2.45, 2.75) is 12.5 Å². The van der Waals surface area contributed by atoms with Crippen molar-refractivity contribution in [1.82, 2.24) is 19.1 Å². The van der Waals surface area contributed by atoms with Crippen LogP contribution in [0.5, 0.6) is 0 Å². The molecule has 1 unspecified atom stereocenters. The van der Waals surface area contributed by atoms with E-state index in [0.29, 0.717) is 6.42 Å². The summed E-state index contributed by atoms with van der Waals surface area (Å²) >= 11 is 1.34. The molecule has 0 fully saturated rings. The van der Waals surface area contributed by atoms with Crippen LogP contribution in [0.1, 0.15) is 16.7 Å². The van der Waals surface area contributed by atoms with E-state index in [1.54, 1.807) is 6.20 Å². The largest absolute Gasteiger partial charge is 0.331 e. The number of benzene rings is 1. The van der Waals surface area contributed by atoms with Gasteiger partial charge in [-0.25, -0.2) is 4.98 Å². The van der Waals surface area contributed by atoms with Crippen LogP contribution in [-0.2, 0) is 13.5 Å². The first kappa shape index (κ1) is 11.3. The van der Waals surface area contributed by atoms with Gasteiger partial charge in [-0.15, -0.1) is 5.10 Å². The summed E-state index contributed by atoms with van der Waals surface area (Å²) in [5, 5.41) is 3.81. The number of nitrogens with two attached hydrogens (primary N) is 1. The SMILES string of the molecule is Cn1c(CC(N)c2cnns2)nc2ccccc21. The number of nitrogens with zero attached hydrogens (tertiary/aromatic N) is 4. The van der Waals surface area contributed by atoms with Crippen molar-refractivity contribution in [1.29, 1.82) is 0 Å². The third-order valence-electron chi connectivity index (χ3n) is 3.03. The Kier molecular flexibility index (Phi) is 2.81. The summed E-state index contributed by atoms with van der Waals surface area (Å²) in [6, 6.07) is 7.98. The molecule has 18 heavy (non-hydrogen) atoms. The van der Waals surface area contributed by atoms with Crippen LogP contribution in [0, 0.1) is 0 Å². The van der Waals surface area contributed by atoms with E-state index in [0.717, 1.165) is 21.7 Å². The summed E-state index contributed by atoms with van der Waals surface area (Å²) in [5.74, 6) is 0.983. The highest BCUT2D eigenvalue weighted by molar-refractivity contribution is 7.05. The summed E-state index contributed by atoms with van der Waals surface area (Å²) < 4.78 is 5.92. The zero-order valence-electron chi connectivity index (χ0n) is 9.95. The van der Waals surface area contributed by atoms with E-state index in [4.69, 9.17) is 5.73 Å². The van der Waals surface area contributed by atoms with Crippen molar-refractivity contribution in [3.8, 4) is 0 Å². The Hall–Kier alpha value is -1.79. The highest BCUT2D eigenvalue weighted by Gasteiger charge is 2.14. The van der Waals surface area contributed by atoms with E-state index >= 15 is 0 Å². The molecule has 3 aromatic rings. The highest BCUT2D eigenvalue weighted by Crippen LogP contribution is 2.20. The van der Waals surface area contributed by atoms with E-state index in [9.17, 15) is 0 Å². The van der Waals surface area contributed by atoms with Crippen molar-refractivity contribution in [3.05, 3.63) is 41.2 Å². The highest BCUT2D eigenvalue weighted by atomic mass is 32.1. The van der Waals surface area contributed by atoms with Gasteiger partial charge in [0.05, 0.1) is 22.1 Å². The number of para-hydroxylation sites is 2. The van der Waals surface area contributed by atoms with Crippen LogP contribution in [0.4, 0.5) is 0 Å². The van der Waals surface area contributed by atoms with E-state index < -0.39 is 0 Å². The standard InChI is InChI=1S/C12H13N5S/c1-17-10-5-3-2-4-9(10)15-12(17)6-8(13)11-7-14-16-18-11/h2-5,7-8H,6,13H2,1H3. The number of fused-ring (bicyclic) bond motifs is 1. The van der Waals surface area contributed by atoms with E-state index in [-0.39, 0.29) is 6.04 Å². The van der Waals surface area contributed by atoms with Gasteiger partial charge < -0.3 is 10.3 Å². The third-order valence-corrected chi connectivity index (χ3v) is 3.82. The van der Waals surface area contributed by atoms with Crippen molar-refractivity contribution >= 4 is 22.6 Å². The quantitative estimate of drug-likeness (QED) is 0.776. The maximum atomic E-state index is 6.14. The van der Waals surface area contributed by atoms with Crippen LogP contribution in [0.3, 0.4) is 0 Å². The van der Waals surface area contributed by atoms with Gasteiger partial charge in [-0.2, -0.15) is 0 Å². The lowest BCUT2D eigenvalue weighted by atomic mass is 10.2. The molecule has 0 aliphatic carbocycles. The third kappa shape index (κ3) is 1.89. The maximum absolute atomic E-state index is 6.14. The second kappa shape index (κ2) is 4.47. The summed E-state index contributed by atoms with van der Waals surface area (Å²) in [4.78, 5) is 5.60. The van der Waals surface area contributed by atoms with Crippen LogP contribution in [0.15, 0.2) is 30.5 Å². The molecule has 0 aliphatic heterocycles. The molecule has 3 rings (SSSR count). The molecule has 0 saturated carbocycles. The van der Waals surface area contributed by atoms with Gasteiger partial charge in [-0.1, -0.05) is 16.6 Å². The maximum Gasteiger partial charge on any atom is 0.111 e. The molecule has 1 atom stereocenters. The number of aromatic nitrogens is 4. The Balaban J connectivity index is 1.93. The van der Waals surface area contributed by atoms with E-state index in [1.807, 2.05) is 25.2 Å². The van der Waals surface area contributed by atoms with Gasteiger partial charge >= 0.3 is 0 Å². The monoisotopic (exact) mass is 259 g/mol. The summed E-state index contributed by atoms with van der Waals surface area (Å²) in [7, 11) is 2.02. The second-order valence-electron chi connectivity index (χ2n) is 4.21. The number of rotatable bonds is 3. The molecule has 2 aromatic heterocycles. The van der Waals surface area contributed by atoms with Gasteiger partial charge in [-0.05, 0) is 23.7 Å². The first-order valence-corrected chi connectivity index (χ1v) is 6.46. The zero-order chi connectivity index (χ0) is 12.5. The lowest BCUT2D eigenvalue weighted by Crippen LogP contribution is -2.14. The molecule has 5 nitrogen and oxygen atoms in total. The predicted molar refractivity (Wildman–Crippen MR) is 71.3 cm³/mol. The molecule has 0 aliphatic rings. The average molecular weight is 259 g/mol. The molecule has 0 spiro atoms. The number of hydrogen-bond acceptors (Lipinski definition) is 5. The van der Waals surface area contributed by atoms with Crippen molar-refractivity contribution < 1.29 is 0 Å². The van der Waals surface area contributed by atoms with Gasteiger partial charge in [-0.3, -0.25) is 0 Å². The first-order chi connectivity index (χ1) is 8.75. The van der Waals surface area contributed by atoms with Crippen LogP contribution >= 0.6 is 11.5 Å². The predicted octanol–water partition coefficient (Wildman–Crippen LogP) is 1.67. The van der Waals surface area contributed by atoms with Crippen LogP contribution in [0.2, 0.25) is 0 Å². The molecule has 0 saturated heterocycles. The molecule has 0 amide bonds. The number of hydrogen-bond donors (Lipinski definition) is 1. The minimum atomic E-state index is -0.0967. The Morgan fingerprint density at radius 1 is 1.39 bits per heavy atom. The van der Waals surface area contributed by atoms with Crippen molar-refractivity contribution in [2.24, 2.45) is 12.8 Å². The molecule has 1 aromatic carbocycles. The second-order valence-corrected chi connectivity index (χ2v) is 5.02. The van der Waals surface area contributed by atoms with Gasteiger partial charge in [0.15, 0.2) is 0 Å². The number of aryl methyl sites for hydroxylation is 1. The van der Waals surface area contributed by atoms with Crippen molar-refractivity contribution in [3.63, 3.8) is 0 Å². The van der Waals surface area contributed by atoms with Gasteiger partial charge in [0, 0.05) is 19.5 Å². The molecule has 0 bridgehead atoms. The lowest BCUT2D eigenvalue weighted by Gasteiger charge is -2.08. The fraction of sp³-hybridized carbons (Fsp3) is 0.250. The number of imidazole rings is 1.